The van der Waals surface area contributed by atoms with Crippen molar-refractivity contribution < 1.29 is 4.74 Å². The second kappa shape index (κ2) is 6.10. The third-order valence-corrected chi connectivity index (χ3v) is 3.70. The number of morpholine rings is 1. The Morgan fingerprint density at radius 2 is 1.85 bits per heavy atom. The normalized spacial score (nSPS) is 17.9. The molecule has 1 fully saturated rings. The molecule has 0 amide bonds. The molecule has 112 valence electrons. The largest absolute Gasteiger partial charge is 0.378 e. The minimum atomic E-state index is 0.109. The molecule has 1 aliphatic heterocycles. The lowest BCUT2D eigenvalue weighted by molar-refractivity contribution is 0.122. The highest BCUT2D eigenvalue weighted by Crippen LogP contribution is 2.22. The molecule has 1 unspecified atom stereocenters. The fourth-order valence-corrected chi connectivity index (χ4v) is 1.87. The second-order valence-electron chi connectivity index (χ2n) is 6.06. The molecule has 0 radical (unpaired) electrons. The van der Waals surface area contributed by atoms with Gasteiger partial charge in [0.05, 0.1) is 13.2 Å². The van der Waals surface area contributed by atoms with Gasteiger partial charge in [0.15, 0.2) is 0 Å². The second-order valence-corrected chi connectivity index (χ2v) is 6.40. The molecule has 0 saturated carbocycles. The Labute approximate surface area is 124 Å². The molecule has 2 rings (SSSR count). The van der Waals surface area contributed by atoms with Gasteiger partial charge in [0.25, 0.3) is 0 Å². The molecule has 1 saturated heterocycles. The van der Waals surface area contributed by atoms with Crippen LogP contribution < -0.4 is 10.2 Å². The number of hydrogen-bond acceptors (Lipinski definition) is 6. The first-order valence-electron chi connectivity index (χ1n) is 6.87. The number of nitrogens with zero attached hydrogens (tertiary/aromatic N) is 4. The molecule has 1 N–H and O–H groups in total. The van der Waals surface area contributed by atoms with E-state index in [-0.39, 0.29) is 16.7 Å². The summed E-state index contributed by atoms with van der Waals surface area (Å²) in [6.45, 7) is 11.5. The van der Waals surface area contributed by atoms with E-state index >= 15 is 0 Å². The van der Waals surface area contributed by atoms with Crippen LogP contribution in [0.3, 0.4) is 0 Å². The van der Waals surface area contributed by atoms with Crippen LogP contribution in [0.1, 0.15) is 27.7 Å². The first-order chi connectivity index (χ1) is 9.36. The minimum absolute atomic E-state index is 0.109. The van der Waals surface area contributed by atoms with E-state index in [2.05, 4.69) is 52.9 Å². The van der Waals surface area contributed by atoms with Crippen LogP contribution in [-0.2, 0) is 4.74 Å². The van der Waals surface area contributed by atoms with Crippen molar-refractivity contribution in [3.63, 3.8) is 0 Å². The van der Waals surface area contributed by atoms with Gasteiger partial charge in [-0.3, -0.25) is 0 Å². The van der Waals surface area contributed by atoms with E-state index in [4.69, 9.17) is 16.3 Å². The average molecular weight is 300 g/mol. The van der Waals surface area contributed by atoms with Crippen molar-refractivity contribution in [2.75, 3.05) is 36.5 Å². The smallest absolute Gasteiger partial charge is 0.231 e. The van der Waals surface area contributed by atoms with Crippen molar-refractivity contribution in [3.05, 3.63) is 5.28 Å². The summed E-state index contributed by atoms with van der Waals surface area (Å²) in [5.41, 5.74) is 0.109. The Morgan fingerprint density at radius 1 is 1.20 bits per heavy atom. The monoisotopic (exact) mass is 299 g/mol. The summed E-state index contributed by atoms with van der Waals surface area (Å²) >= 11 is 6.01. The highest BCUT2D eigenvalue weighted by molar-refractivity contribution is 6.28. The van der Waals surface area contributed by atoms with Crippen LogP contribution in [0.5, 0.6) is 0 Å². The Kier molecular flexibility index (Phi) is 4.65. The lowest BCUT2D eigenvalue weighted by Gasteiger charge is -2.29. The highest BCUT2D eigenvalue weighted by Gasteiger charge is 2.22. The molecule has 20 heavy (non-hydrogen) atoms. The van der Waals surface area contributed by atoms with Gasteiger partial charge < -0.3 is 15.0 Å². The van der Waals surface area contributed by atoms with Crippen molar-refractivity contribution in [3.8, 4) is 0 Å². The maximum absolute atomic E-state index is 6.01. The first-order valence-corrected chi connectivity index (χ1v) is 7.25. The zero-order valence-electron chi connectivity index (χ0n) is 12.5. The molecule has 0 spiro atoms. The topological polar surface area (TPSA) is 63.2 Å². The van der Waals surface area contributed by atoms with Gasteiger partial charge in [0.2, 0.25) is 17.2 Å². The quantitative estimate of drug-likeness (QED) is 0.923. The van der Waals surface area contributed by atoms with E-state index in [1.807, 2.05) is 0 Å². The zero-order chi connectivity index (χ0) is 14.8. The third kappa shape index (κ3) is 3.93. The molecule has 6 nitrogen and oxygen atoms in total. The average Bonchev–Trinajstić information content (AvgIpc) is 2.38. The van der Waals surface area contributed by atoms with Gasteiger partial charge in [0, 0.05) is 19.1 Å². The zero-order valence-corrected chi connectivity index (χ0v) is 13.2. The molecule has 1 aliphatic rings. The molecule has 1 aromatic heterocycles. The van der Waals surface area contributed by atoms with Gasteiger partial charge in [-0.1, -0.05) is 20.8 Å². The molecular formula is C13H22ClN5O. The van der Waals surface area contributed by atoms with Crippen molar-refractivity contribution >= 4 is 23.5 Å². The number of nitrogens with one attached hydrogen (secondary N) is 1. The third-order valence-electron chi connectivity index (χ3n) is 3.53. The summed E-state index contributed by atoms with van der Waals surface area (Å²) in [5.74, 6) is 1.13. The highest BCUT2D eigenvalue weighted by atomic mass is 35.5. The fraction of sp³-hybridized carbons (Fsp3) is 0.769. The lowest BCUT2D eigenvalue weighted by atomic mass is 9.88. The summed E-state index contributed by atoms with van der Waals surface area (Å²) in [4.78, 5) is 14.9. The fourth-order valence-electron chi connectivity index (χ4n) is 1.72. The summed E-state index contributed by atoms with van der Waals surface area (Å²) in [5, 5.41) is 3.51. The maximum atomic E-state index is 6.01. The van der Waals surface area contributed by atoms with E-state index in [0.717, 1.165) is 13.1 Å². The van der Waals surface area contributed by atoms with Crippen molar-refractivity contribution in [1.82, 2.24) is 15.0 Å². The summed E-state index contributed by atoms with van der Waals surface area (Å²) in [7, 11) is 0. The van der Waals surface area contributed by atoms with Crippen LogP contribution in [0.4, 0.5) is 11.9 Å². The SMILES string of the molecule is CC(Nc1nc(Cl)nc(N2CCOCC2)n1)C(C)(C)C. The van der Waals surface area contributed by atoms with E-state index in [1.54, 1.807) is 0 Å². The lowest BCUT2D eigenvalue weighted by Crippen LogP contribution is -2.38. The number of halogens is 1. The number of aromatic nitrogens is 3. The molecule has 0 aromatic carbocycles. The number of rotatable bonds is 3. The number of hydrogen-bond donors (Lipinski definition) is 1. The Morgan fingerprint density at radius 3 is 2.45 bits per heavy atom. The first kappa shape index (κ1) is 15.3. The van der Waals surface area contributed by atoms with Crippen molar-refractivity contribution in [2.45, 2.75) is 33.7 Å². The van der Waals surface area contributed by atoms with E-state index in [0.29, 0.717) is 25.1 Å². The van der Waals surface area contributed by atoms with Gasteiger partial charge in [-0.25, -0.2) is 0 Å². The Bertz CT molecular complexity index is 457. The number of anilines is 2. The van der Waals surface area contributed by atoms with Crippen LogP contribution >= 0.6 is 11.6 Å². The molecular weight excluding hydrogens is 278 g/mol. The predicted molar refractivity (Wildman–Crippen MR) is 80.4 cm³/mol. The van der Waals surface area contributed by atoms with Gasteiger partial charge in [0.1, 0.15) is 0 Å². The Hall–Kier alpha value is -1.14. The molecule has 1 atom stereocenters. The van der Waals surface area contributed by atoms with E-state index in [9.17, 15) is 0 Å². The molecule has 0 aliphatic carbocycles. The molecule has 0 bridgehead atoms. The molecule has 7 heteroatoms. The van der Waals surface area contributed by atoms with Crippen LogP contribution in [0.15, 0.2) is 0 Å². The van der Waals surface area contributed by atoms with Crippen molar-refractivity contribution in [2.24, 2.45) is 5.41 Å². The standard InChI is InChI=1S/C13H22ClN5O/c1-9(13(2,3)4)15-11-16-10(14)17-12(18-11)19-5-7-20-8-6-19/h9H,5-8H2,1-4H3,(H,15,16,17,18). The van der Waals surface area contributed by atoms with Gasteiger partial charge in [-0.2, -0.15) is 15.0 Å². The predicted octanol–water partition coefficient (Wildman–Crippen LogP) is 2.21. The molecule has 1 aromatic rings. The van der Waals surface area contributed by atoms with Gasteiger partial charge >= 0.3 is 0 Å². The van der Waals surface area contributed by atoms with E-state index < -0.39 is 0 Å². The van der Waals surface area contributed by atoms with Crippen LogP contribution in [0.25, 0.3) is 0 Å². The summed E-state index contributed by atoms with van der Waals surface area (Å²) in [6, 6.07) is 0.221. The minimum Gasteiger partial charge on any atom is -0.378 e. The summed E-state index contributed by atoms with van der Waals surface area (Å²) < 4.78 is 5.33. The van der Waals surface area contributed by atoms with Gasteiger partial charge in [-0.15, -0.1) is 0 Å². The van der Waals surface area contributed by atoms with Crippen LogP contribution in [0, 0.1) is 5.41 Å². The molecule has 2 heterocycles. The maximum Gasteiger partial charge on any atom is 0.231 e. The van der Waals surface area contributed by atoms with E-state index in [1.165, 1.54) is 0 Å². The van der Waals surface area contributed by atoms with Crippen molar-refractivity contribution in [1.29, 1.82) is 0 Å². The number of ether oxygens (including phenoxy) is 1. The Balaban J connectivity index is 2.15. The van der Waals surface area contributed by atoms with Crippen LogP contribution in [0.2, 0.25) is 5.28 Å². The summed E-state index contributed by atoms with van der Waals surface area (Å²) in [6.07, 6.45) is 0. The van der Waals surface area contributed by atoms with Gasteiger partial charge in [-0.05, 0) is 23.9 Å². The van der Waals surface area contributed by atoms with Crippen LogP contribution in [-0.4, -0.2) is 47.3 Å².